The van der Waals surface area contributed by atoms with Gasteiger partial charge in [-0.15, -0.1) is 0 Å². The van der Waals surface area contributed by atoms with Gasteiger partial charge < -0.3 is 19.9 Å². The predicted molar refractivity (Wildman–Crippen MR) is 81.0 cm³/mol. The van der Waals surface area contributed by atoms with Crippen molar-refractivity contribution in [3.05, 3.63) is 53.6 Å². The molecular weight excluding hydrogens is 286 g/mol. The van der Waals surface area contributed by atoms with Crippen LogP contribution >= 0.6 is 0 Å². The predicted octanol–water partition coefficient (Wildman–Crippen LogP) is 2.92. The zero-order valence-electron chi connectivity index (χ0n) is 12.1. The molecule has 2 N–H and O–H groups in total. The molecule has 0 saturated carbocycles. The summed E-state index contributed by atoms with van der Waals surface area (Å²) in [7, 11) is 2.82. The number of methoxy groups -OCH3 is 2. The molecule has 0 atom stereocenters. The van der Waals surface area contributed by atoms with Gasteiger partial charge in [0.1, 0.15) is 5.75 Å². The first-order valence-electron chi connectivity index (χ1n) is 6.42. The van der Waals surface area contributed by atoms with Gasteiger partial charge in [0.05, 0.1) is 31.0 Å². The zero-order valence-corrected chi connectivity index (χ0v) is 12.1. The second kappa shape index (κ2) is 6.62. The number of ether oxygens (including phenoxy) is 2. The summed E-state index contributed by atoms with van der Waals surface area (Å²) in [6.07, 6.45) is 0. The molecule has 0 bridgehead atoms. The minimum Gasteiger partial charge on any atom is -0.495 e. The SMILES string of the molecule is COC(=O)c1ccc(Nc2cc(C(=O)O)ccc2OC)cc1. The standard InChI is InChI=1S/C16H15NO5/c1-21-14-8-5-11(15(18)19)9-13(14)17-12-6-3-10(4-7-12)16(20)22-2/h3-9,17H,1-2H3,(H,18,19). The molecule has 0 aliphatic carbocycles. The lowest BCUT2D eigenvalue weighted by atomic mass is 10.1. The molecule has 6 heteroatoms. The lowest BCUT2D eigenvalue weighted by Gasteiger charge is -2.12. The van der Waals surface area contributed by atoms with Crippen LogP contribution in [0.25, 0.3) is 0 Å². The first-order chi connectivity index (χ1) is 10.5. The van der Waals surface area contributed by atoms with Gasteiger partial charge in [0.25, 0.3) is 0 Å². The summed E-state index contributed by atoms with van der Waals surface area (Å²) < 4.78 is 9.83. The van der Waals surface area contributed by atoms with Crippen LogP contribution in [-0.4, -0.2) is 31.3 Å². The Bertz CT molecular complexity index is 694. The molecule has 0 heterocycles. The van der Waals surface area contributed by atoms with Gasteiger partial charge in [0.15, 0.2) is 0 Å². The molecule has 0 fully saturated rings. The fraction of sp³-hybridized carbons (Fsp3) is 0.125. The van der Waals surface area contributed by atoms with Crippen molar-refractivity contribution in [3.63, 3.8) is 0 Å². The number of carboxylic acid groups (broad SMARTS) is 1. The molecule has 0 amide bonds. The molecule has 0 aromatic heterocycles. The lowest BCUT2D eigenvalue weighted by molar-refractivity contribution is 0.0600. The molecule has 0 aliphatic heterocycles. The second-order valence-corrected chi connectivity index (χ2v) is 4.41. The van der Waals surface area contributed by atoms with E-state index in [9.17, 15) is 9.59 Å². The smallest absolute Gasteiger partial charge is 0.337 e. The molecule has 0 unspecified atom stereocenters. The average molecular weight is 301 g/mol. The maximum atomic E-state index is 11.4. The Hall–Kier alpha value is -3.02. The molecule has 22 heavy (non-hydrogen) atoms. The number of carbonyl (C=O) groups is 2. The van der Waals surface area contributed by atoms with Gasteiger partial charge in [-0.3, -0.25) is 0 Å². The highest BCUT2D eigenvalue weighted by Crippen LogP contribution is 2.29. The van der Waals surface area contributed by atoms with Crippen molar-refractivity contribution in [2.75, 3.05) is 19.5 Å². The number of rotatable bonds is 5. The number of nitrogens with one attached hydrogen (secondary N) is 1. The maximum Gasteiger partial charge on any atom is 0.337 e. The maximum absolute atomic E-state index is 11.4. The number of hydrogen-bond acceptors (Lipinski definition) is 5. The minimum atomic E-state index is -1.02. The average Bonchev–Trinajstić information content (AvgIpc) is 2.54. The van der Waals surface area contributed by atoms with Gasteiger partial charge in [-0.25, -0.2) is 9.59 Å². The van der Waals surface area contributed by atoms with E-state index >= 15 is 0 Å². The van der Waals surface area contributed by atoms with Crippen LogP contribution in [0.4, 0.5) is 11.4 Å². The summed E-state index contributed by atoms with van der Waals surface area (Å²) in [4.78, 5) is 22.4. The first kappa shape index (κ1) is 15.4. The van der Waals surface area contributed by atoms with Gasteiger partial charge in [-0.2, -0.15) is 0 Å². The van der Waals surface area contributed by atoms with Gasteiger partial charge in [0.2, 0.25) is 0 Å². The summed E-state index contributed by atoms with van der Waals surface area (Å²) in [5.74, 6) is -0.925. The third kappa shape index (κ3) is 3.35. The Morgan fingerprint density at radius 1 is 1.00 bits per heavy atom. The lowest BCUT2D eigenvalue weighted by Crippen LogP contribution is -2.02. The Balaban J connectivity index is 2.27. The minimum absolute atomic E-state index is 0.148. The fourth-order valence-corrected chi connectivity index (χ4v) is 1.90. The molecule has 0 aliphatic rings. The first-order valence-corrected chi connectivity index (χ1v) is 6.42. The van der Waals surface area contributed by atoms with Crippen molar-refractivity contribution in [3.8, 4) is 5.75 Å². The van der Waals surface area contributed by atoms with Crippen LogP contribution in [0.3, 0.4) is 0 Å². The van der Waals surface area contributed by atoms with E-state index in [4.69, 9.17) is 9.84 Å². The van der Waals surface area contributed by atoms with Gasteiger partial charge in [0, 0.05) is 5.69 Å². The fourth-order valence-electron chi connectivity index (χ4n) is 1.90. The van der Waals surface area contributed by atoms with Crippen LogP contribution in [0.2, 0.25) is 0 Å². The highest BCUT2D eigenvalue weighted by molar-refractivity contribution is 5.91. The topological polar surface area (TPSA) is 84.9 Å². The van der Waals surface area contributed by atoms with E-state index in [1.54, 1.807) is 30.3 Å². The Morgan fingerprint density at radius 3 is 2.18 bits per heavy atom. The number of carbonyl (C=O) groups excluding carboxylic acids is 1. The number of anilines is 2. The van der Waals surface area contributed by atoms with Crippen LogP contribution in [0.15, 0.2) is 42.5 Å². The Kier molecular flexibility index (Phi) is 4.63. The van der Waals surface area contributed by atoms with Crippen molar-refractivity contribution < 1.29 is 24.2 Å². The van der Waals surface area contributed by atoms with Crippen molar-refractivity contribution in [2.24, 2.45) is 0 Å². The molecule has 0 saturated heterocycles. The summed E-state index contributed by atoms with van der Waals surface area (Å²) in [6, 6.07) is 11.1. The van der Waals surface area contributed by atoms with E-state index in [0.717, 1.165) is 0 Å². The van der Waals surface area contributed by atoms with Gasteiger partial charge in [-0.1, -0.05) is 0 Å². The van der Waals surface area contributed by atoms with Crippen molar-refractivity contribution in [1.82, 2.24) is 0 Å². The van der Waals surface area contributed by atoms with Crippen LogP contribution in [-0.2, 0) is 4.74 Å². The quantitative estimate of drug-likeness (QED) is 0.826. The summed E-state index contributed by atoms with van der Waals surface area (Å²) in [6.45, 7) is 0. The van der Waals surface area contributed by atoms with Crippen LogP contribution < -0.4 is 10.1 Å². The van der Waals surface area contributed by atoms with E-state index in [1.807, 2.05) is 0 Å². The van der Waals surface area contributed by atoms with E-state index in [-0.39, 0.29) is 5.56 Å². The molecular formula is C16H15NO5. The van der Waals surface area contributed by atoms with Gasteiger partial charge in [-0.05, 0) is 42.5 Å². The zero-order chi connectivity index (χ0) is 16.1. The van der Waals surface area contributed by atoms with E-state index in [2.05, 4.69) is 10.1 Å². The van der Waals surface area contributed by atoms with Crippen LogP contribution in [0.5, 0.6) is 5.75 Å². The number of benzene rings is 2. The number of carboxylic acids is 1. The van der Waals surface area contributed by atoms with E-state index < -0.39 is 11.9 Å². The Labute approximate surface area is 127 Å². The van der Waals surface area contributed by atoms with Crippen molar-refractivity contribution in [1.29, 1.82) is 0 Å². The molecule has 114 valence electrons. The molecule has 2 aromatic carbocycles. The number of esters is 1. The molecule has 6 nitrogen and oxygen atoms in total. The Morgan fingerprint density at radius 2 is 1.64 bits per heavy atom. The monoisotopic (exact) mass is 301 g/mol. The highest BCUT2D eigenvalue weighted by Gasteiger charge is 2.10. The summed E-state index contributed by atoms with van der Waals surface area (Å²) in [5.41, 5.74) is 1.79. The molecule has 2 aromatic rings. The summed E-state index contributed by atoms with van der Waals surface area (Å²) in [5, 5.41) is 12.1. The third-order valence-electron chi connectivity index (χ3n) is 3.03. The van der Waals surface area contributed by atoms with Crippen molar-refractivity contribution >= 4 is 23.3 Å². The molecule has 0 radical (unpaired) electrons. The number of aromatic carboxylic acids is 1. The molecule has 0 spiro atoms. The molecule has 2 rings (SSSR count). The van der Waals surface area contributed by atoms with E-state index in [0.29, 0.717) is 22.7 Å². The van der Waals surface area contributed by atoms with E-state index in [1.165, 1.54) is 26.4 Å². The largest absolute Gasteiger partial charge is 0.495 e. The van der Waals surface area contributed by atoms with Crippen LogP contribution in [0.1, 0.15) is 20.7 Å². The third-order valence-corrected chi connectivity index (χ3v) is 3.03. The normalized spacial score (nSPS) is 9.91. The number of hydrogen-bond donors (Lipinski definition) is 2. The van der Waals surface area contributed by atoms with Crippen LogP contribution in [0, 0.1) is 0 Å². The van der Waals surface area contributed by atoms with Crippen molar-refractivity contribution in [2.45, 2.75) is 0 Å². The highest BCUT2D eigenvalue weighted by atomic mass is 16.5. The van der Waals surface area contributed by atoms with Gasteiger partial charge >= 0.3 is 11.9 Å². The second-order valence-electron chi connectivity index (χ2n) is 4.41. The summed E-state index contributed by atoms with van der Waals surface area (Å²) >= 11 is 0.